The third kappa shape index (κ3) is 4.24. The van der Waals surface area contributed by atoms with Gasteiger partial charge in [-0.15, -0.1) is 0 Å². The molecule has 0 bridgehead atoms. The molecule has 17 heavy (non-hydrogen) atoms. The monoisotopic (exact) mass is 242 g/mol. The highest BCUT2D eigenvalue weighted by Gasteiger charge is 2.36. The Morgan fingerprint density at radius 1 is 1.53 bits per heavy atom. The number of nitrogens with one attached hydrogen (secondary N) is 2. The van der Waals surface area contributed by atoms with Crippen LogP contribution in [0.1, 0.15) is 41.0 Å². The number of esters is 1. The number of hydrogen-bond donors (Lipinski definition) is 2. The van der Waals surface area contributed by atoms with Gasteiger partial charge in [0.2, 0.25) is 0 Å². The minimum atomic E-state index is -0.469. The van der Waals surface area contributed by atoms with Crippen molar-refractivity contribution >= 4 is 12.0 Å². The molecule has 0 aromatic carbocycles. The normalized spacial score (nSPS) is 26.1. The van der Waals surface area contributed by atoms with Crippen LogP contribution in [0.4, 0.5) is 4.79 Å². The summed E-state index contributed by atoms with van der Waals surface area (Å²) < 4.78 is 5.31. The van der Waals surface area contributed by atoms with Crippen molar-refractivity contribution in [2.24, 2.45) is 5.92 Å². The second kappa shape index (κ2) is 4.55. The quantitative estimate of drug-likeness (QED) is 0.736. The zero-order valence-corrected chi connectivity index (χ0v) is 11.2. The molecule has 2 amide bonds. The summed E-state index contributed by atoms with van der Waals surface area (Å²) in [5, 5.41) is 5.52. The van der Waals surface area contributed by atoms with Gasteiger partial charge in [0.15, 0.2) is 0 Å². The summed E-state index contributed by atoms with van der Waals surface area (Å²) in [5.41, 5.74) is -0.836. The molecule has 0 aliphatic carbocycles. The fourth-order valence-corrected chi connectivity index (χ4v) is 1.92. The maximum absolute atomic E-state index is 11.8. The molecule has 1 saturated heterocycles. The van der Waals surface area contributed by atoms with Gasteiger partial charge in [0.25, 0.3) is 0 Å². The number of rotatable bonds is 3. The highest BCUT2D eigenvalue weighted by atomic mass is 16.6. The average Bonchev–Trinajstić information content (AvgIpc) is 2.42. The number of ether oxygens (including phenoxy) is 1. The van der Waals surface area contributed by atoms with E-state index < -0.39 is 5.60 Å². The van der Waals surface area contributed by atoms with E-state index in [2.05, 4.69) is 10.6 Å². The predicted octanol–water partition coefficient (Wildman–Crippen LogP) is 1.43. The maximum Gasteiger partial charge on any atom is 0.315 e. The van der Waals surface area contributed by atoms with Crippen LogP contribution in [0.2, 0.25) is 0 Å². The van der Waals surface area contributed by atoms with Crippen LogP contribution in [0.25, 0.3) is 0 Å². The van der Waals surface area contributed by atoms with E-state index >= 15 is 0 Å². The lowest BCUT2D eigenvalue weighted by molar-refractivity contribution is -0.160. The molecule has 2 atom stereocenters. The summed E-state index contributed by atoms with van der Waals surface area (Å²) >= 11 is 0. The van der Waals surface area contributed by atoms with Crippen molar-refractivity contribution in [3.8, 4) is 0 Å². The van der Waals surface area contributed by atoms with Gasteiger partial charge in [0.1, 0.15) is 5.60 Å². The van der Waals surface area contributed by atoms with Gasteiger partial charge in [-0.3, -0.25) is 4.79 Å². The molecule has 2 unspecified atom stereocenters. The summed E-state index contributed by atoms with van der Waals surface area (Å²) in [7, 11) is 0. The van der Waals surface area contributed by atoms with Crippen LogP contribution in [0.3, 0.4) is 0 Å². The molecule has 1 aliphatic heterocycles. The molecule has 0 aromatic heterocycles. The number of amides is 2. The first-order valence-electron chi connectivity index (χ1n) is 5.90. The minimum absolute atomic E-state index is 0.177. The smallest absolute Gasteiger partial charge is 0.315 e. The molecule has 0 aromatic rings. The van der Waals surface area contributed by atoms with Crippen molar-refractivity contribution in [3.05, 3.63) is 0 Å². The van der Waals surface area contributed by atoms with Gasteiger partial charge < -0.3 is 15.4 Å². The van der Waals surface area contributed by atoms with Gasteiger partial charge in [0.05, 0.1) is 11.5 Å². The van der Waals surface area contributed by atoms with Crippen LogP contribution in [0.5, 0.6) is 0 Å². The average molecular weight is 242 g/mol. The van der Waals surface area contributed by atoms with Gasteiger partial charge in [-0.1, -0.05) is 6.92 Å². The van der Waals surface area contributed by atoms with Gasteiger partial charge in [-0.25, -0.2) is 4.79 Å². The van der Waals surface area contributed by atoms with E-state index in [1.54, 1.807) is 0 Å². The molecule has 5 nitrogen and oxygen atoms in total. The molecule has 0 radical (unpaired) electrons. The molecule has 1 aliphatic rings. The van der Waals surface area contributed by atoms with E-state index in [1.807, 2.05) is 34.6 Å². The largest absolute Gasteiger partial charge is 0.460 e. The second-order valence-electron chi connectivity index (χ2n) is 6.01. The highest BCUT2D eigenvalue weighted by molar-refractivity contribution is 5.78. The second-order valence-corrected chi connectivity index (χ2v) is 6.01. The fraction of sp³-hybridized carbons (Fsp3) is 0.833. The van der Waals surface area contributed by atoms with Crippen LogP contribution in [0, 0.1) is 5.92 Å². The SMILES string of the molecule is CC(CC1(C)CNC(=O)N1)C(=O)OC(C)(C)C. The Morgan fingerprint density at radius 2 is 2.12 bits per heavy atom. The van der Waals surface area contributed by atoms with Crippen LogP contribution >= 0.6 is 0 Å². The van der Waals surface area contributed by atoms with E-state index in [9.17, 15) is 9.59 Å². The molecule has 98 valence electrons. The van der Waals surface area contributed by atoms with Crippen LogP contribution < -0.4 is 10.6 Å². The third-order valence-corrected chi connectivity index (χ3v) is 2.62. The molecule has 0 spiro atoms. The Labute approximate surface area is 102 Å². The maximum atomic E-state index is 11.8. The summed E-state index contributed by atoms with van der Waals surface area (Å²) in [4.78, 5) is 22.9. The first-order chi connectivity index (χ1) is 7.61. The Bertz CT molecular complexity index is 322. The summed E-state index contributed by atoms with van der Waals surface area (Å²) in [6.45, 7) is 9.82. The number of carbonyl (C=O) groups excluding carboxylic acids is 2. The first kappa shape index (κ1) is 13.8. The van der Waals surface area contributed by atoms with Crippen molar-refractivity contribution in [2.75, 3.05) is 6.54 Å². The van der Waals surface area contributed by atoms with Gasteiger partial charge in [-0.05, 0) is 34.1 Å². The topological polar surface area (TPSA) is 67.4 Å². The molecule has 1 heterocycles. The lowest BCUT2D eigenvalue weighted by Crippen LogP contribution is -2.43. The summed E-state index contributed by atoms with van der Waals surface area (Å²) in [6.07, 6.45) is 0.570. The van der Waals surface area contributed by atoms with E-state index in [4.69, 9.17) is 4.74 Å². The van der Waals surface area contributed by atoms with Gasteiger partial charge in [0, 0.05) is 6.54 Å². The number of carbonyl (C=O) groups is 2. The lowest BCUT2D eigenvalue weighted by atomic mass is 9.90. The van der Waals surface area contributed by atoms with E-state index in [-0.39, 0.29) is 23.5 Å². The first-order valence-corrected chi connectivity index (χ1v) is 5.90. The molecule has 5 heteroatoms. The van der Waals surface area contributed by atoms with Crippen molar-refractivity contribution in [2.45, 2.75) is 52.2 Å². The molecular weight excluding hydrogens is 220 g/mol. The Kier molecular flexibility index (Phi) is 3.69. The van der Waals surface area contributed by atoms with Crippen molar-refractivity contribution in [1.29, 1.82) is 0 Å². The Hall–Kier alpha value is -1.26. The van der Waals surface area contributed by atoms with Crippen LogP contribution in [0.15, 0.2) is 0 Å². The van der Waals surface area contributed by atoms with Crippen molar-refractivity contribution < 1.29 is 14.3 Å². The number of urea groups is 1. The standard InChI is InChI=1S/C12H22N2O3/c1-8(9(15)17-11(2,3)4)6-12(5)7-13-10(16)14-12/h8H,6-7H2,1-5H3,(H2,13,14,16). The fourth-order valence-electron chi connectivity index (χ4n) is 1.92. The van der Waals surface area contributed by atoms with E-state index in [0.29, 0.717) is 13.0 Å². The van der Waals surface area contributed by atoms with Gasteiger partial charge >= 0.3 is 12.0 Å². The zero-order valence-electron chi connectivity index (χ0n) is 11.2. The summed E-state index contributed by atoms with van der Waals surface area (Å²) in [5.74, 6) is -0.459. The van der Waals surface area contributed by atoms with Crippen LogP contribution in [-0.4, -0.2) is 29.7 Å². The van der Waals surface area contributed by atoms with E-state index in [1.165, 1.54) is 0 Å². The molecular formula is C12H22N2O3. The van der Waals surface area contributed by atoms with Gasteiger partial charge in [-0.2, -0.15) is 0 Å². The minimum Gasteiger partial charge on any atom is -0.460 e. The highest BCUT2D eigenvalue weighted by Crippen LogP contribution is 2.21. The molecule has 1 fully saturated rings. The van der Waals surface area contributed by atoms with Crippen molar-refractivity contribution in [1.82, 2.24) is 10.6 Å². The summed E-state index contributed by atoms with van der Waals surface area (Å²) in [6, 6.07) is -0.177. The Morgan fingerprint density at radius 3 is 2.53 bits per heavy atom. The third-order valence-electron chi connectivity index (χ3n) is 2.62. The number of hydrogen-bond acceptors (Lipinski definition) is 3. The predicted molar refractivity (Wildman–Crippen MR) is 64.6 cm³/mol. The molecule has 2 N–H and O–H groups in total. The lowest BCUT2D eigenvalue weighted by Gasteiger charge is -2.28. The zero-order chi connectivity index (χ0) is 13.3. The molecule has 0 saturated carbocycles. The Balaban J connectivity index is 2.51. The van der Waals surface area contributed by atoms with Crippen molar-refractivity contribution in [3.63, 3.8) is 0 Å². The molecule has 1 rings (SSSR count). The van der Waals surface area contributed by atoms with E-state index in [0.717, 1.165) is 0 Å². The van der Waals surface area contributed by atoms with Crippen LogP contribution in [-0.2, 0) is 9.53 Å².